The lowest BCUT2D eigenvalue weighted by molar-refractivity contribution is -0.154. The van der Waals surface area contributed by atoms with Crippen molar-refractivity contribution in [3.05, 3.63) is 35.4 Å². The molecule has 0 heterocycles. The zero-order valence-corrected chi connectivity index (χ0v) is 12.9. The Kier molecular flexibility index (Phi) is 4.47. The maximum absolute atomic E-state index is 12.2. The Morgan fingerprint density at radius 3 is 2.48 bits per heavy atom. The van der Waals surface area contributed by atoms with Gasteiger partial charge in [0.15, 0.2) is 0 Å². The lowest BCUT2D eigenvalue weighted by Gasteiger charge is -2.41. The highest BCUT2D eigenvalue weighted by molar-refractivity contribution is 5.85. The first-order chi connectivity index (χ1) is 9.89. The second-order valence-corrected chi connectivity index (χ2v) is 6.46. The Hall–Kier alpha value is -1.68. The van der Waals surface area contributed by atoms with Gasteiger partial charge in [-0.25, -0.2) is 0 Å². The molecule has 4 nitrogen and oxygen atoms in total. The highest BCUT2D eigenvalue weighted by atomic mass is 16.5. The van der Waals surface area contributed by atoms with Crippen molar-refractivity contribution in [2.75, 3.05) is 7.11 Å². The summed E-state index contributed by atoms with van der Waals surface area (Å²) >= 11 is 0. The van der Waals surface area contributed by atoms with E-state index in [9.17, 15) is 9.59 Å². The van der Waals surface area contributed by atoms with Crippen LogP contribution in [0.3, 0.4) is 0 Å². The number of ketones is 1. The van der Waals surface area contributed by atoms with Crippen LogP contribution in [0.4, 0.5) is 0 Å². The second kappa shape index (κ2) is 5.98. The van der Waals surface area contributed by atoms with E-state index in [1.807, 2.05) is 38.1 Å². The van der Waals surface area contributed by atoms with E-state index in [0.717, 1.165) is 11.1 Å². The molecule has 2 rings (SSSR count). The summed E-state index contributed by atoms with van der Waals surface area (Å²) in [7, 11) is 1.41. The minimum Gasteiger partial charge on any atom is -0.469 e. The zero-order chi connectivity index (χ0) is 15.6. The number of carbonyl (C=O) groups excluding carboxylic acids is 2. The maximum Gasteiger partial charge on any atom is 0.309 e. The third kappa shape index (κ3) is 3.16. The van der Waals surface area contributed by atoms with E-state index in [1.54, 1.807) is 0 Å². The fourth-order valence-corrected chi connectivity index (χ4v) is 3.42. The molecule has 1 fully saturated rings. The van der Waals surface area contributed by atoms with Gasteiger partial charge in [0, 0.05) is 25.3 Å². The first-order valence-electron chi connectivity index (χ1n) is 7.27. The fraction of sp³-hybridized carbons (Fsp3) is 0.529. The van der Waals surface area contributed by atoms with E-state index in [1.165, 1.54) is 7.11 Å². The molecule has 1 aromatic carbocycles. The van der Waals surface area contributed by atoms with Crippen LogP contribution in [0.15, 0.2) is 24.3 Å². The molecular formula is C17H23NO3. The maximum atomic E-state index is 12.2. The number of methoxy groups -OCH3 is 1. The van der Waals surface area contributed by atoms with Crippen molar-refractivity contribution in [3.63, 3.8) is 0 Å². The van der Waals surface area contributed by atoms with Gasteiger partial charge in [0.05, 0.1) is 13.0 Å². The summed E-state index contributed by atoms with van der Waals surface area (Å²) in [5.74, 6) is -0.460. The number of ether oxygens (including phenoxy) is 1. The number of hydrogen-bond acceptors (Lipinski definition) is 4. The predicted octanol–water partition coefficient (Wildman–Crippen LogP) is 2.41. The molecule has 0 saturated heterocycles. The molecule has 1 aliphatic carbocycles. The van der Waals surface area contributed by atoms with Crippen molar-refractivity contribution < 1.29 is 14.3 Å². The Morgan fingerprint density at radius 2 is 1.95 bits per heavy atom. The molecule has 1 aliphatic rings. The van der Waals surface area contributed by atoms with Gasteiger partial charge in [-0.15, -0.1) is 0 Å². The van der Waals surface area contributed by atoms with E-state index >= 15 is 0 Å². The van der Waals surface area contributed by atoms with E-state index < -0.39 is 0 Å². The van der Waals surface area contributed by atoms with Crippen molar-refractivity contribution >= 4 is 11.8 Å². The molecule has 0 amide bonds. The van der Waals surface area contributed by atoms with Crippen LogP contribution in [0.1, 0.15) is 43.7 Å². The predicted molar refractivity (Wildman–Crippen MR) is 80.6 cm³/mol. The van der Waals surface area contributed by atoms with E-state index in [2.05, 4.69) is 0 Å². The molecule has 0 radical (unpaired) electrons. The SMILES string of the molecule is COC(=O)C1C(c2ccc(CN)cc2)CC(=O)CC1(C)C. The van der Waals surface area contributed by atoms with Crippen LogP contribution in [0.2, 0.25) is 0 Å². The number of nitrogens with two attached hydrogens (primary N) is 1. The van der Waals surface area contributed by atoms with Gasteiger partial charge in [-0.05, 0) is 16.5 Å². The number of esters is 1. The lowest BCUT2D eigenvalue weighted by Crippen LogP contribution is -2.43. The topological polar surface area (TPSA) is 69.4 Å². The van der Waals surface area contributed by atoms with Crippen molar-refractivity contribution in [2.45, 2.75) is 39.2 Å². The standard InChI is InChI=1S/C17H23NO3/c1-17(2)9-13(19)8-14(15(17)16(20)21-3)12-6-4-11(10-18)5-7-12/h4-7,14-15H,8-10,18H2,1-3H3. The quantitative estimate of drug-likeness (QED) is 0.868. The average Bonchev–Trinajstić information content (AvgIpc) is 2.45. The van der Waals surface area contributed by atoms with Crippen molar-refractivity contribution in [1.82, 2.24) is 0 Å². The van der Waals surface area contributed by atoms with E-state index in [-0.39, 0.29) is 29.0 Å². The average molecular weight is 289 g/mol. The normalized spacial score (nSPS) is 24.7. The van der Waals surface area contributed by atoms with Gasteiger partial charge in [0.1, 0.15) is 5.78 Å². The Balaban J connectivity index is 2.40. The van der Waals surface area contributed by atoms with Crippen LogP contribution in [0.5, 0.6) is 0 Å². The Labute approximate surface area is 125 Å². The third-order valence-electron chi connectivity index (χ3n) is 4.44. The molecule has 4 heteroatoms. The number of carbonyl (C=O) groups is 2. The molecule has 0 aliphatic heterocycles. The molecule has 1 aromatic rings. The number of hydrogen-bond donors (Lipinski definition) is 1. The summed E-state index contributed by atoms with van der Waals surface area (Å²) < 4.78 is 4.99. The molecule has 2 atom stereocenters. The first kappa shape index (κ1) is 15.7. The molecule has 0 bridgehead atoms. The van der Waals surface area contributed by atoms with Crippen LogP contribution >= 0.6 is 0 Å². The summed E-state index contributed by atoms with van der Waals surface area (Å²) in [6.07, 6.45) is 0.815. The minimum atomic E-state index is -0.389. The summed E-state index contributed by atoms with van der Waals surface area (Å²) in [6.45, 7) is 4.41. The van der Waals surface area contributed by atoms with Gasteiger partial charge in [-0.2, -0.15) is 0 Å². The third-order valence-corrected chi connectivity index (χ3v) is 4.44. The van der Waals surface area contributed by atoms with Crippen molar-refractivity contribution in [3.8, 4) is 0 Å². The van der Waals surface area contributed by atoms with Gasteiger partial charge >= 0.3 is 5.97 Å². The van der Waals surface area contributed by atoms with Gasteiger partial charge in [-0.1, -0.05) is 38.1 Å². The van der Waals surface area contributed by atoms with E-state index in [4.69, 9.17) is 10.5 Å². The lowest BCUT2D eigenvalue weighted by atomic mass is 9.61. The summed E-state index contributed by atoms with van der Waals surface area (Å²) in [4.78, 5) is 24.3. The monoisotopic (exact) mass is 289 g/mol. The molecule has 0 spiro atoms. The van der Waals surface area contributed by atoms with Gasteiger partial charge in [0.25, 0.3) is 0 Å². The van der Waals surface area contributed by atoms with Crippen LogP contribution in [0, 0.1) is 11.3 Å². The Morgan fingerprint density at radius 1 is 1.33 bits per heavy atom. The number of benzene rings is 1. The number of rotatable bonds is 3. The molecular weight excluding hydrogens is 266 g/mol. The molecule has 21 heavy (non-hydrogen) atoms. The molecule has 1 saturated carbocycles. The van der Waals surface area contributed by atoms with Gasteiger partial charge in [-0.3, -0.25) is 9.59 Å². The highest BCUT2D eigenvalue weighted by Crippen LogP contribution is 2.47. The number of Topliss-reactive ketones (excluding diaryl/α,β-unsaturated/α-hetero) is 1. The zero-order valence-electron chi connectivity index (χ0n) is 12.9. The fourth-order valence-electron chi connectivity index (χ4n) is 3.42. The molecule has 2 N–H and O–H groups in total. The van der Waals surface area contributed by atoms with E-state index in [0.29, 0.717) is 19.4 Å². The van der Waals surface area contributed by atoms with Crippen LogP contribution < -0.4 is 5.73 Å². The summed E-state index contributed by atoms with van der Waals surface area (Å²) in [5, 5.41) is 0. The first-order valence-corrected chi connectivity index (χ1v) is 7.27. The smallest absolute Gasteiger partial charge is 0.309 e. The summed E-state index contributed by atoms with van der Waals surface area (Å²) in [5.41, 5.74) is 7.26. The molecule has 114 valence electrons. The summed E-state index contributed by atoms with van der Waals surface area (Å²) in [6, 6.07) is 7.85. The molecule has 0 aromatic heterocycles. The largest absolute Gasteiger partial charge is 0.469 e. The van der Waals surface area contributed by atoms with Crippen LogP contribution in [0.25, 0.3) is 0 Å². The van der Waals surface area contributed by atoms with Gasteiger partial charge in [0.2, 0.25) is 0 Å². The van der Waals surface area contributed by atoms with Gasteiger partial charge < -0.3 is 10.5 Å². The molecule has 2 unspecified atom stereocenters. The highest BCUT2D eigenvalue weighted by Gasteiger charge is 2.47. The van der Waals surface area contributed by atoms with Crippen molar-refractivity contribution in [2.24, 2.45) is 17.1 Å². The van der Waals surface area contributed by atoms with Crippen molar-refractivity contribution in [1.29, 1.82) is 0 Å². The Bertz CT molecular complexity index is 533. The van der Waals surface area contributed by atoms with Crippen LogP contribution in [-0.4, -0.2) is 18.9 Å². The van der Waals surface area contributed by atoms with Crippen LogP contribution in [-0.2, 0) is 20.9 Å². The minimum absolute atomic E-state index is 0.125. The second-order valence-electron chi connectivity index (χ2n) is 6.46.